The maximum atomic E-state index is 12.2. The molecule has 0 bridgehead atoms. The van der Waals surface area contributed by atoms with E-state index in [9.17, 15) is 4.79 Å². The smallest absolute Gasteiger partial charge is 0.161 e. The lowest BCUT2D eigenvalue weighted by molar-refractivity contribution is -0.130. The van der Waals surface area contributed by atoms with E-state index < -0.39 is 0 Å². The molecular formula is C18H26O. The van der Waals surface area contributed by atoms with E-state index in [4.69, 9.17) is 0 Å². The Labute approximate surface area is 116 Å². The van der Waals surface area contributed by atoms with Crippen molar-refractivity contribution in [3.05, 3.63) is 12.2 Å². The van der Waals surface area contributed by atoms with E-state index in [0.29, 0.717) is 11.7 Å². The first-order chi connectivity index (χ1) is 9.20. The van der Waals surface area contributed by atoms with E-state index in [2.05, 4.69) is 13.0 Å². The van der Waals surface area contributed by atoms with Gasteiger partial charge in [-0.1, -0.05) is 32.3 Å². The summed E-state index contributed by atoms with van der Waals surface area (Å²) in [6.45, 7) is 2.24. The molecule has 0 N–H and O–H groups in total. The molecule has 3 fully saturated rings. The minimum atomic E-state index is -0.0251. The van der Waals surface area contributed by atoms with Crippen LogP contribution >= 0.6 is 0 Å². The van der Waals surface area contributed by atoms with Gasteiger partial charge in [0.25, 0.3) is 0 Å². The van der Waals surface area contributed by atoms with Crippen LogP contribution in [-0.4, -0.2) is 5.78 Å². The van der Waals surface area contributed by atoms with Gasteiger partial charge in [-0.05, 0) is 67.8 Å². The van der Waals surface area contributed by atoms with Crippen molar-refractivity contribution in [3.8, 4) is 0 Å². The fourth-order valence-corrected chi connectivity index (χ4v) is 6.10. The van der Waals surface area contributed by atoms with Gasteiger partial charge in [0.15, 0.2) is 5.78 Å². The zero-order valence-corrected chi connectivity index (χ0v) is 12.1. The largest absolute Gasteiger partial charge is 0.294 e. The molecule has 19 heavy (non-hydrogen) atoms. The third-order valence-corrected chi connectivity index (χ3v) is 7.15. The fourth-order valence-electron chi connectivity index (χ4n) is 6.10. The van der Waals surface area contributed by atoms with Crippen LogP contribution in [0.3, 0.4) is 0 Å². The molecule has 4 rings (SSSR count). The Bertz CT molecular complexity index is 423. The Morgan fingerprint density at radius 1 is 1.00 bits per heavy atom. The van der Waals surface area contributed by atoms with Crippen LogP contribution < -0.4 is 0 Å². The third kappa shape index (κ3) is 1.63. The molecule has 104 valence electrons. The van der Waals surface area contributed by atoms with Crippen LogP contribution in [0.1, 0.15) is 58.3 Å². The van der Waals surface area contributed by atoms with E-state index in [1.807, 2.05) is 6.08 Å². The standard InChI is InChI=1S/C18H26O/c1-18-11-10-14-13-5-3-2-4-12(13)6-7-15(14)16(18)8-9-17(18)19/h8-9,12-16H,2-7,10-11H2,1H3/t12?,13-,14+,15+,16+,18-/m0/s1. The van der Waals surface area contributed by atoms with Gasteiger partial charge in [-0.3, -0.25) is 4.79 Å². The van der Waals surface area contributed by atoms with Crippen LogP contribution in [0.15, 0.2) is 12.2 Å². The number of allylic oxidation sites excluding steroid dienone is 2. The van der Waals surface area contributed by atoms with Crippen molar-refractivity contribution in [2.45, 2.75) is 58.3 Å². The summed E-state index contributed by atoms with van der Waals surface area (Å²) in [6.07, 6.45) is 15.4. The van der Waals surface area contributed by atoms with Gasteiger partial charge in [-0.2, -0.15) is 0 Å². The van der Waals surface area contributed by atoms with Gasteiger partial charge in [0.2, 0.25) is 0 Å². The number of carbonyl (C=O) groups is 1. The SMILES string of the molecule is C[C@]12CC[C@H]3[C@@H](CCC4CCCC[C@@H]43)[C@H]1C=CC2=O. The lowest BCUT2D eigenvalue weighted by atomic mass is 9.50. The second kappa shape index (κ2) is 4.20. The summed E-state index contributed by atoms with van der Waals surface area (Å²) < 4.78 is 0. The first-order valence-corrected chi connectivity index (χ1v) is 8.43. The summed E-state index contributed by atoms with van der Waals surface area (Å²) >= 11 is 0. The number of rotatable bonds is 0. The lowest BCUT2D eigenvalue weighted by Gasteiger charge is -2.53. The predicted molar refractivity (Wildman–Crippen MR) is 76.6 cm³/mol. The lowest BCUT2D eigenvalue weighted by Crippen LogP contribution is -2.48. The molecule has 0 aliphatic heterocycles. The van der Waals surface area contributed by atoms with Crippen molar-refractivity contribution in [1.82, 2.24) is 0 Å². The first kappa shape index (κ1) is 12.2. The van der Waals surface area contributed by atoms with Gasteiger partial charge in [0.1, 0.15) is 0 Å². The summed E-state index contributed by atoms with van der Waals surface area (Å²) in [5.74, 6) is 4.78. The molecular weight excluding hydrogens is 232 g/mol. The van der Waals surface area contributed by atoms with E-state index in [0.717, 1.165) is 30.1 Å². The van der Waals surface area contributed by atoms with Crippen LogP contribution in [0, 0.1) is 35.0 Å². The highest BCUT2D eigenvalue weighted by Gasteiger charge is 2.54. The molecule has 6 atom stereocenters. The number of hydrogen-bond acceptors (Lipinski definition) is 1. The summed E-state index contributed by atoms with van der Waals surface area (Å²) in [6, 6.07) is 0. The van der Waals surface area contributed by atoms with Gasteiger partial charge >= 0.3 is 0 Å². The minimum absolute atomic E-state index is 0.0251. The molecule has 0 aromatic rings. The van der Waals surface area contributed by atoms with Gasteiger partial charge in [-0.15, -0.1) is 0 Å². The summed E-state index contributed by atoms with van der Waals surface area (Å²) in [7, 11) is 0. The van der Waals surface area contributed by atoms with Crippen LogP contribution in [-0.2, 0) is 4.79 Å². The highest BCUT2D eigenvalue weighted by Crippen LogP contribution is 2.59. The Balaban J connectivity index is 1.62. The average Bonchev–Trinajstić information content (AvgIpc) is 2.75. The zero-order chi connectivity index (χ0) is 13.0. The number of fused-ring (bicyclic) bond motifs is 5. The van der Waals surface area contributed by atoms with Crippen molar-refractivity contribution in [2.75, 3.05) is 0 Å². The Morgan fingerprint density at radius 3 is 2.74 bits per heavy atom. The van der Waals surface area contributed by atoms with E-state index in [-0.39, 0.29) is 5.41 Å². The zero-order valence-electron chi connectivity index (χ0n) is 12.1. The molecule has 1 unspecified atom stereocenters. The van der Waals surface area contributed by atoms with Gasteiger partial charge in [-0.25, -0.2) is 0 Å². The molecule has 0 heterocycles. The summed E-state index contributed by atoms with van der Waals surface area (Å²) in [5, 5.41) is 0. The molecule has 0 amide bonds. The Morgan fingerprint density at radius 2 is 1.84 bits per heavy atom. The van der Waals surface area contributed by atoms with E-state index in [1.165, 1.54) is 44.9 Å². The molecule has 1 nitrogen and oxygen atoms in total. The average molecular weight is 258 g/mol. The van der Waals surface area contributed by atoms with Gasteiger partial charge < -0.3 is 0 Å². The normalized spacial score (nSPS) is 52.5. The van der Waals surface area contributed by atoms with Crippen molar-refractivity contribution in [2.24, 2.45) is 35.0 Å². The molecule has 3 saturated carbocycles. The Hall–Kier alpha value is -0.590. The van der Waals surface area contributed by atoms with Crippen molar-refractivity contribution < 1.29 is 4.79 Å². The second-order valence-electron chi connectivity index (χ2n) is 7.82. The van der Waals surface area contributed by atoms with Gasteiger partial charge in [0.05, 0.1) is 0 Å². The first-order valence-electron chi connectivity index (χ1n) is 8.43. The van der Waals surface area contributed by atoms with E-state index in [1.54, 1.807) is 0 Å². The predicted octanol–water partition coefficient (Wildman–Crippen LogP) is 4.37. The quantitative estimate of drug-likeness (QED) is 0.630. The molecule has 0 aromatic carbocycles. The second-order valence-corrected chi connectivity index (χ2v) is 7.82. The Kier molecular flexibility index (Phi) is 2.69. The van der Waals surface area contributed by atoms with E-state index >= 15 is 0 Å². The molecule has 0 aromatic heterocycles. The molecule has 0 radical (unpaired) electrons. The summed E-state index contributed by atoms with van der Waals surface area (Å²) in [4.78, 5) is 12.2. The molecule has 1 heteroatoms. The summed E-state index contributed by atoms with van der Waals surface area (Å²) in [5.41, 5.74) is -0.0251. The molecule has 4 aliphatic carbocycles. The highest BCUT2D eigenvalue weighted by atomic mass is 16.1. The number of ketones is 1. The monoisotopic (exact) mass is 258 g/mol. The van der Waals surface area contributed by atoms with Crippen molar-refractivity contribution >= 4 is 5.78 Å². The van der Waals surface area contributed by atoms with Crippen LogP contribution in [0.2, 0.25) is 0 Å². The number of hydrogen-bond donors (Lipinski definition) is 0. The molecule has 4 aliphatic rings. The minimum Gasteiger partial charge on any atom is -0.294 e. The maximum absolute atomic E-state index is 12.2. The maximum Gasteiger partial charge on any atom is 0.161 e. The van der Waals surface area contributed by atoms with Crippen LogP contribution in [0.25, 0.3) is 0 Å². The third-order valence-electron chi connectivity index (χ3n) is 7.15. The van der Waals surface area contributed by atoms with Crippen molar-refractivity contribution in [1.29, 1.82) is 0 Å². The van der Waals surface area contributed by atoms with Gasteiger partial charge in [0, 0.05) is 5.41 Å². The van der Waals surface area contributed by atoms with Crippen LogP contribution in [0.5, 0.6) is 0 Å². The molecule has 0 saturated heterocycles. The van der Waals surface area contributed by atoms with Crippen LogP contribution in [0.4, 0.5) is 0 Å². The van der Waals surface area contributed by atoms with Crippen molar-refractivity contribution in [3.63, 3.8) is 0 Å². The molecule has 0 spiro atoms. The number of carbonyl (C=O) groups excluding carboxylic acids is 1. The fraction of sp³-hybridized carbons (Fsp3) is 0.833. The highest BCUT2D eigenvalue weighted by molar-refractivity contribution is 5.97. The topological polar surface area (TPSA) is 17.1 Å².